The fourth-order valence-corrected chi connectivity index (χ4v) is 2.82. The Labute approximate surface area is 114 Å². The number of hydrogen-bond acceptors (Lipinski definition) is 3. The van der Waals surface area contributed by atoms with Gasteiger partial charge in [0.1, 0.15) is 10.7 Å². The van der Waals surface area contributed by atoms with Gasteiger partial charge in [0.2, 0.25) is 10.0 Å². The molecule has 0 saturated heterocycles. The van der Waals surface area contributed by atoms with Crippen molar-refractivity contribution in [3.8, 4) is 0 Å². The summed E-state index contributed by atoms with van der Waals surface area (Å²) in [5, 5.41) is 0. The highest BCUT2D eigenvalue weighted by Gasteiger charge is 2.23. The maximum absolute atomic E-state index is 13.5. The smallest absolute Gasteiger partial charge is 0.243 e. The Hall–Kier alpha value is -0.980. The monoisotopic (exact) mass is 289 g/mol. The minimum atomic E-state index is -3.81. The van der Waals surface area contributed by atoms with Crippen molar-refractivity contribution < 1.29 is 17.5 Å². The second-order valence-electron chi connectivity index (χ2n) is 5.16. The van der Waals surface area contributed by atoms with Gasteiger partial charge in [-0.3, -0.25) is 0 Å². The van der Waals surface area contributed by atoms with Crippen molar-refractivity contribution in [2.75, 3.05) is 20.3 Å². The van der Waals surface area contributed by atoms with Gasteiger partial charge in [-0.2, -0.15) is 0 Å². The van der Waals surface area contributed by atoms with Crippen LogP contribution < -0.4 is 4.72 Å². The van der Waals surface area contributed by atoms with E-state index in [0.29, 0.717) is 13.0 Å². The fourth-order valence-electron chi connectivity index (χ4n) is 1.50. The lowest BCUT2D eigenvalue weighted by Crippen LogP contribution is -2.35. The Kier molecular flexibility index (Phi) is 5.46. The largest absolute Gasteiger partial charge is 0.385 e. The van der Waals surface area contributed by atoms with Crippen LogP contribution in [-0.4, -0.2) is 28.7 Å². The van der Waals surface area contributed by atoms with E-state index >= 15 is 0 Å². The summed E-state index contributed by atoms with van der Waals surface area (Å²) >= 11 is 0. The van der Waals surface area contributed by atoms with Crippen molar-refractivity contribution in [1.82, 2.24) is 4.72 Å². The first-order valence-corrected chi connectivity index (χ1v) is 7.50. The third-order valence-electron chi connectivity index (χ3n) is 2.85. The quantitative estimate of drug-likeness (QED) is 0.837. The van der Waals surface area contributed by atoms with Gasteiger partial charge in [0.05, 0.1) is 0 Å². The van der Waals surface area contributed by atoms with Crippen LogP contribution in [0.5, 0.6) is 0 Å². The first kappa shape index (κ1) is 16.1. The predicted molar refractivity (Wildman–Crippen MR) is 71.9 cm³/mol. The van der Waals surface area contributed by atoms with Gasteiger partial charge in [0.15, 0.2) is 0 Å². The van der Waals surface area contributed by atoms with Crippen LogP contribution in [0.3, 0.4) is 0 Å². The number of halogens is 1. The van der Waals surface area contributed by atoms with Crippen molar-refractivity contribution >= 4 is 10.0 Å². The summed E-state index contributed by atoms with van der Waals surface area (Å²) < 4.78 is 44.9. The molecule has 6 heteroatoms. The van der Waals surface area contributed by atoms with Gasteiger partial charge >= 0.3 is 0 Å². The zero-order valence-corrected chi connectivity index (χ0v) is 12.3. The Morgan fingerprint density at radius 1 is 1.32 bits per heavy atom. The van der Waals surface area contributed by atoms with E-state index in [4.69, 9.17) is 4.74 Å². The lowest BCUT2D eigenvalue weighted by Gasteiger charge is -2.24. The number of ether oxygens (including phenoxy) is 1. The normalized spacial score (nSPS) is 12.6. The maximum atomic E-state index is 13.5. The summed E-state index contributed by atoms with van der Waals surface area (Å²) in [5.74, 6) is -0.746. The maximum Gasteiger partial charge on any atom is 0.243 e. The van der Waals surface area contributed by atoms with Gasteiger partial charge in [0.25, 0.3) is 0 Å². The number of rotatable bonds is 7. The van der Waals surface area contributed by atoms with E-state index in [1.807, 2.05) is 13.8 Å². The van der Waals surface area contributed by atoms with Crippen LogP contribution in [-0.2, 0) is 14.8 Å². The van der Waals surface area contributed by atoms with Crippen molar-refractivity contribution in [3.63, 3.8) is 0 Å². The molecule has 0 amide bonds. The van der Waals surface area contributed by atoms with E-state index in [1.165, 1.54) is 18.2 Å². The molecule has 108 valence electrons. The zero-order chi connectivity index (χ0) is 14.5. The predicted octanol–water partition coefficient (Wildman–Crippen LogP) is 2.17. The van der Waals surface area contributed by atoms with Crippen LogP contribution in [0.15, 0.2) is 29.2 Å². The van der Waals surface area contributed by atoms with E-state index in [1.54, 1.807) is 7.11 Å². The highest BCUT2D eigenvalue weighted by Crippen LogP contribution is 2.20. The van der Waals surface area contributed by atoms with Crippen LogP contribution in [0.25, 0.3) is 0 Å². The molecule has 0 aliphatic rings. The number of hydrogen-bond donors (Lipinski definition) is 1. The van der Waals surface area contributed by atoms with Crippen LogP contribution in [0, 0.1) is 11.2 Å². The number of sulfonamides is 1. The average molecular weight is 289 g/mol. The number of methoxy groups -OCH3 is 1. The minimum Gasteiger partial charge on any atom is -0.385 e. The Bertz CT molecular complexity index is 514. The molecule has 4 nitrogen and oxygen atoms in total. The van der Waals surface area contributed by atoms with Crippen LogP contribution in [0.4, 0.5) is 4.39 Å². The summed E-state index contributed by atoms with van der Waals surface area (Å²) in [6, 6.07) is 5.33. The molecule has 0 unspecified atom stereocenters. The highest BCUT2D eigenvalue weighted by molar-refractivity contribution is 7.89. The van der Waals surface area contributed by atoms with Gasteiger partial charge in [-0.1, -0.05) is 26.0 Å². The summed E-state index contributed by atoms with van der Waals surface area (Å²) in [5.41, 5.74) is -0.256. The topological polar surface area (TPSA) is 55.4 Å². The van der Waals surface area contributed by atoms with E-state index in [9.17, 15) is 12.8 Å². The van der Waals surface area contributed by atoms with Crippen molar-refractivity contribution in [2.24, 2.45) is 5.41 Å². The molecular weight excluding hydrogens is 269 g/mol. The molecule has 0 bridgehead atoms. The lowest BCUT2D eigenvalue weighted by molar-refractivity contribution is 0.153. The lowest BCUT2D eigenvalue weighted by atomic mass is 9.90. The fraction of sp³-hybridized carbons (Fsp3) is 0.538. The third kappa shape index (κ3) is 4.89. The second kappa shape index (κ2) is 6.45. The van der Waals surface area contributed by atoms with Gasteiger partial charge in [-0.05, 0) is 24.0 Å². The van der Waals surface area contributed by atoms with Crippen LogP contribution in [0.1, 0.15) is 20.3 Å². The Morgan fingerprint density at radius 3 is 2.53 bits per heavy atom. The second-order valence-corrected chi connectivity index (χ2v) is 6.90. The van der Waals surface area contributed by atoms with Gasteiger partial charge in [0, 0.05) is 20.3 Å². The minimum absolute atomic E-state index is 0.229. The van der Waals surface area contributed by atoms with Crippen molar-refractivity contribution in [1.29, 1.82) is 0 Å². The number of benzene rings is 1. The van der Waals surface area contributed by atoms with Crippen LogP contribution in [0.2, 0.25) is 0 Å². The first-order chi connectivity index (χ1) is 8.78. The molecule has 0 atom stereocenters. The molecule has 0 fully saturated rings. The molecule has 1 N–H and O–H groups in total. The zero-order valence-electron chi connectivity index (χ0n) is 11.4. The standard InChI is InChI=1S/C13H20FNO3S/c1-13(2,8-9-18-3)10-15-19(16,17)12-7-5-4-6-11(12)14/h4-7,15H,8-10H2,1-3H3. The molecule has 0 heterocycles. The van der Waals surface area contributed by atoms with E-state index in [2.05, 4.69) is 4.72 Å². The van der Waals surface area contributed by atoms with Crippen molar-refractivity contribution in [3.05, 3.63) is 30.1 Å². The van der Waals surface area contributed by atoms with Crippen molar-refractivity contribution in [2.45, 2.75) is 25.2 Å². The van der Waals surface area contributed by atoms with Gasteiger partial charge in [-0.15, -0.1) is 0 Å². The SMILES string of the molecule is COCCC(C)(C)CNS(=O)(=O)c1ccccc1F. The third-order valence-corrected chi connectivity index (χ3v) is 4.28. The molecule has 0 aromatic heterocycles. The molecule has 1 aromatic rings. The van der Waals surface area contributed by atoms with E-state index in [0.717, 1.165) is 6.07 Å². The molecule has 0 spiro atoms. The Morgan fingerprint density at radius 2 is 1.95 bits per heavy atom. The molecule has 0 aliphatic heterocycles. The number of nitrogens with one attached hydrogen (secondary N) is 1. The molecule has 0 saturated carbocycles. The van der Waals surface area contributed by atoms with E-state index < -0.39 is 15.8 Å². The molecule has 0 aliphatic carbocycles. The average Bonchev–Trinajstić information content (AvgIpc) is 2.35. The summed E-state index contributed by atoms with van der Waals surface area (Å²) in [7, 11) is -2.22. The van der Waals surface area contributed by atoms with Gasteiger partial charge in [-0.25, -0.2) is 17.5 Å². The van der Waals surface area contributed by atoms with Crippen LogP contribution >= 0.6 is 0 Å². The molecule has 0 radical (unpaired) electrons. The highest BCUT2D eigenvalue weighted by atomic mass is 32.2. The Balaban J connectivity index is 2.74. The first-order valence-electron chi connectivity index (χ1n) is 6.02. The molecule has 1 aromatic carbocycles. The summed E-state index contributed by atoms with van der Waals surface area (Å²) in [4.78, 5) is -0.322. The molecule has 19 heavy (non-hydrogen) atoms. The summed E-state index contributed by atoms with van der Waals surface area (Å²) in [6.07, 6.45) is 0.712. The van der Waals surface area contributed by atoms with Gasteiger partial charge < -0.3 is 4.74 Å². The van der Waals surface area contributed by atoms with E-state index in [-0.39, 0.29) is 16.9 Å². The molecule has 1 rings (SSSR count). The molecular formula is C13H20FNO3S. The summed E-state index contributed by atoms with van der Waals surface area (Å²) in [6.45, 7) is 4.63.